The van der Waals surface area contributed by atoms with E-state index in [1.54, 1.807) is 7.11 Å². The lowest BCUT2D eigenvalue weighted by Crippen LogP contribution is -2.36. The zero-order valence-corrected chi connectivity index (χ0v) is 14.8. The highest BCUT2D eigenvalue weighted by molar-refractivity contribution is 7.80. The SMILES string of the molecule is COCCNC(=S)NCc1ccc(COCc2ccccc2)cc1. The topological polar surface area (TPSA) is 42.5 Å². The van der Waals surface area contributed by atoms with Crippen molar-refractivity contribution in [1.82, 2.24) is 10.6 Å². The number of thiocarbonyl (C=S) groups is 1. The van der Waals surface area contributed by atoms with E-state index in [0.29, 0.717) is 38.0 Å². The Morgan fingerprint density at radius 2 is 1.50 bits per heavy atom. The van der Waals surface area contributed by atoms with Crippen molar-refractivity contribution in [2.45, 2.75) is 19.8 Å². The molecular formula is C19H24N2O2S. The number of nitrogens with one attached hydrogen (secondary N) is 2. The molecule has 0 bridgehead atoms. The van der Waals surface area contributed by atoms with E-state index in [9.17, 15) is 0 Å². The Morgan fingerprint density at radius 3 is 2.17 bits per heavy atom. The van der Waals surface area contributed by atoms with Gasteiger partial charge in [0.05, 0.1) is 19.8 Å². The molecule has 0 heterocycles. The Balaban J connectivity index is 1.67. The van der Waals surface area contributed by atoms with Crippen LogP contribution in [0.15, 0.2) is 54.6 Å². The van der Waals surface area contributed by atoms with Crippen molar-refractivity contribution in [3.8, 4) is 0 Å². The van der Waals surface area contributed by atoms with Crippen LogP contribution in [0.5, 0.6) is 0 Å². The fourth-order valence-corrected chi connectivity index (χ4v) is 2.30. The molecular weight excluding hydrogens is 320 g/mol. The average Bonchev–Trinajstić information content (AvgIpc) is 2.62. The van der Waals surface area contributed by atoms with E-state index < -0.39 is 0 Å². The van der Waals surface area contributed by atoms with Crippen molar-refractivity contribution >= 4 is 17.3 Å². The molecule has 0 aliphatic heterocycles. The number of methoxy groups -OCH3 is 1. The Morgan fingerprint density at radius 1 is 0.875 bits per heavy atom. The van der Waals surface area contributed by atoms with Gasteiger partial charge in [0, 0.05) is 20.2 Å². The second-order valence-electron chi connectivity index (χ2n) is 5.40. The molecule has 0 aromatic heterocycles. The van der Waals surface area contributed by atoms with Crippen molar-refractivity contribution in [2.24, 2.45) is 0 Å². The molecule has 0 spiro atoms. The molecule has 128 valence electrons. The van der Waals surface area contributed by atoms with Gasteiger partial charge in [0.25, 0.3) is 0 Å². The van der Waals surface area contributed by atoms with Crippen LogP contribution in [0.4, 0.5) is 0 Å². The van der Waals surface area contributed by atoms with E-state index in [-0.39, 0.29) is 0 Å². The number of hydrogen-bond donors (Lipinski definition) is 2. The van der Waals surface area contributed by atoms with Crippen molar-refractivity contribution in [3.05, 3.63) is 71.3 Å². The molecule has 0 radical (unpaired) electrons. The lowest BCUT2D eigenvalue weighted by Gasteiger charge is -2.10. The molecule has 0 aliphatic rings. The van der Waals surface area contributed by atoms with Crippen LogP contribution in [0.2, 0.25) is 0 Å². The van der Waals surface area contributed by atoms with E-state index in [1.165, 1.54) is 11.1 Å². The summed E-state index contributed by atoms with van der Waals surface area (Å²) in [6.07, 6.45) is 0. The van der Waals surface area contributed by atoms with Gasteiger partial charge in [0.15, 0.2) is 5.11 Å². The van der Waals surface area contributed by atoms with Crippen molar-refractivity contribution in [2.75, 3.05) is 20.3 Å². The number of ether oxygens (including phenoxy) is 2. The molecule has 2 aromatic carbocycles. The molecule has 0 saturated heterocycles. The summed E-state index contributed by atoms with van der Waals surface area (Å²) in [4.78, 5) is 0. The first-order valence-electron chi connectivity index (χ1n) is 7.98. The zero-order valence-electron chi connectivity index (χ0n) is 14.0. The fourth-order valence-electron chi connectivity index (χ4n) is 2.13. The molecule has 4 nitrogen and oxygen atoms in total. The summed E-state index contributed by atoms with van der Waals surface area (Å²) in [5.74, 6) is 0. The van der Waals surface area contributed by atoms with Crippen LogP contribution in [0.3, 0.4) is 0 Å². The highest BCUT2D eigenvalue weighted by Gasteiger charge is 1.99. The molecule has 24 heavy (non-hydrogen) atoms. The standard InChI is InChI=1S/C19H24N2O2S/c1-22-12-11-20-19(24)21-13-16-7-9-18(10-8-16)15-23-14-17-5-3-2-4-6-17/h2-10H,11-15H2,1H3,(H2,20,21,24). The Hall–Kier alpha value is -1.95. The van der Waals surface area contributed by atoms with Gasteiger partial charge < -0.3 is 20.1 Å². The van der Waals surface area contributed by atoms with E-state index in [1.807, 2.05) is 18.2 Å². The fraction of sp³-hybridized carbons (Fsp3) is 0.316. The lowest BCUT2D eigenvalue weighted by molar-refractivity contribution is 0.107. The van der Waals surface area contributed by atoms with Gasteiger partial charge in [-0.1, -0.05) is 54.6 Å². The first-order chi connectivity index (χ1) is 11.8. The third-order valence-electron chi connectivity index (χ3n) is 3.45. The van der Waals surface area contributed by atoms with Crippen molar-refractivity contribution in [3.63, 3.8) is 0 Å². The minimum absolute atomic E-state index is 0.611. The van der Waals surface area contributed by atoms with Gasteiger partial charge in [-0.15, -0.1) is 0 Å². The monoisotopic (exact) mass is 344 g/mol. The molecule has 5 heteroatoms. The summed E-state index contributed by atoms with van der Waals surface area (Å²) in [5.41, 5.74) is 3.53. The van der Waals surface area contributed by atoms with Gasteiger partial charge in [0.2, 0.25) is 0 Å². The highest BCUT2D eigenvalue weighted by Crippen LogP contribution is 2.08. The Labute approximate surface area is 149 Å². The minimum Gasteiger partial charge on any atom is -0.383 e. The first kappa shape index (κ1) is 18.4. The summed E-state index contributed by atoms with van der Waals surface area (Å²) < 4.78 is 10.7. The molecule has 0 atom stereocenters. The van der Waals surface area contributed by atoms with Crippen molar-refractivity contribution in [1.29, 1.82) is 0 Å². The van der Waals surface area contributed by atoms with Gasteiger partial charge in [-0.2, -0.15) is 0 Å². The van der Waals surface area contributed by atoms with Crippen LogP contribution in [-0.2, 0) is 29.2 Å². The van der Waals surface area contributed by atoms with Crippen LogP contribution in [-0.4, -0.2) is 25.4 Å². The molecule has 0 saturated carbocycles. The number of benzene rings is 2. The van der Waals surface area contributed by atoms with Gasteiger partial charge in [0.1, 0.15) is 0 Å². The Kier molecular flexibility index (Phi) is 8.24. The summed E-state index contributed by atoms with van der Waals surface area (Å²) >= 11 is 5.20. The summed E-state index contributed by atoms with van der Waals surface area (Å²) in [5, 5.41) is 6.90. The average molecular weight is 344 g/mol. The molecule has 2 rings (SSSR count). The van der Waals surface area contributed by atoms with E-state index in [4.69, 9.17) is 21.7 Å². The summed E-state index contributed by atoms with van der Waals surface area (Å²) in [7, 11) is 1.67. The largest absolute Gasteiger partial charge is 0.383 e. The van der Waals surface area contributed by atoms with Crippen LogP contribution in [0.1, 0.15) is 16.7 Å². The maximum atomic E-state index is 5.74. The van der Waals surface area contributed by atoms with Crippen molar-refractivity contribution < 1.29 is 9.47 Å². The predicted molar refractivity (Wildman–Crippen MR) is 101 cm³/mol. The molecule has 0 fully saturated rings. The molecule has 0 unspecified atom stereocenters. The van der Waals surface area contributed by atoms with Crippen LogP contribution in [0.25, 0.3) is 0 Å². The van der Waals surface area contributed by atoms with Gasteiger partial charge in [-0.05, 0) is 28.9 Å². The maximum absolute atomic E-state index is 5.74. The second-order valence-corrected chi connectivity index (χ2v) is 5.81. The quantitative estimate of drug-likeness (QED) is 0.541. The summed E-state index contributed by atoms with van der Waals surface area (Å²) in [6.45, 7) is 3.29. The predicted octanol–water partition coefficient (Wildman–Crippen LogP) is 3.01. The normalized spacial score (nSPS) is 10.4. The summed E-state index contributed by atoms with van der Waals surface area (Å²) in [6, 6.07) is 18.5. The zero-order chi connectivity index (χ0) is 17.0. The highest BCUT2D eigenvalue weighted by atomic mass is 32.1. The smallest absolute Gasteiger partial charge is 0.166 e. The minimum atomic E-state index is 0.611. The third kappa shape index (κ3) is 7.08. The maximum Gasteiger partial charge on any atom is 0.166 e. The van der Waals surface area contributed by atoms with Gasteiger partial charge >= 0.3 is 0 Å². The lowest BCUT2D eigenvalue weighted by atomic mass is 10.1. The van der Waals surface area contributed by atoms with E-state index in [2.05, 4.69) is 47.0 Å². The number of rotatable bonds is 9. The molecule has 2 aromatic rings. The number of hydrogen-bond acceptors (Lipinski definition) is 3. The molecule has 2 N–H and O–H groups in total. The molecule has 0 aliphatic carbocycles. The molecule has 0 amide bonds. The Bertz CT molecular complexity index is 603. The first-order valence-corrected chi connectivity index (χ1v) is 8.39. The van der Waals surface area contributed by atoms with Crippen LogP contribution >= 0.6 is 12.2 Å². The van der Waals surface area contributed by atoms with Gasteiger partial charge in [-0.3, -0.25) is 0 Å². The van der Waals surface area contributed by atoms with Crippen LogP contribution in [0, 0.1) is 0 Å². The van der Waals surface area contributed by atoms with E-state index in [0.717, 1.165) is 5.56 Å². The third-order valence-corrected chi connectivity index (χ3v) is 3.74. The second kappa shape index (κ2) is 10.8. The van der Waals surface area contributed by atoms with Gasteiger partial charge in [-0.25, -0.2) is 0 Å². The van der Waals surface area contributed by atoms with Crippen LogP contribution < -0.4 is 10.6 Å². The van der Waals surface area contributed by atoms with E-state index >= 15 is 0 Å².